The van der Waals surface area contributed by atoms with Gasteiger partial charge in [-0.3, -0.25) is 4.79 Å². The molecule has 1 N–H and O–H groups in total. The van der Waals surface area contributed by atoms with Crippen LogP contribution in [0.1, 0.15) is 39.3 Å². The Bertz CT molecular complexity index is 816. The number of aromatic carboxylic acids is 1. The van der Waals surface area contributed by atoms with Gasteiger partial charge in [0.1, 0.15) is 5.69 Å². The van der Waals surface area contributed by atoms with Crippen LogP contribution in [0.4, 0.5) is 8.78 Å². The number of pyridine rings is 1. The van der Waals surface area contributed by atoms with Gasteiger partial charge < -0.3 is 10.0 Å². The molecular weight excluding hydrogens is 342 g/mol. The Hall–Kier alpha value is -2.83. The first-order valence-electron chi connectivity index (χ1n) is 8.36. The topological polar surface area (TPSA) is 70.5 Å². The fourth-order valence-electron chi connectivity index (χ4n) is 3.17. The molecule has 2 aromatic rings. The molecule has 1 aromatic heterocycles. The number of rotatable bonds is 4. The number of halogens is 2. The quantitative estimate of drug-likeness (QED) is 0.909. The molecule has 1 aromatic carbocycles. The molecular formula is C19H18F2N2O3. The van der Waals surface area contributed by atoms with Crippen molar-refractivity contribution in [3.8, 4) is 0 Å². The lowest BCUT2D eigenvalue weighted by Crippen LogP contribution is -2.39. The molecule has 2 heterocycles. The summed E-state index contributed by atoms with van der Waals surface area (Å²) in [6, 6.07) is 6.73. The smallest absolute Gasteiger partial charge is 0.354 e. The Morgan fingerprint density at radius 2 is 1.85 bits per heavy atom. The fourth-order valence-corrected chi connectivity index (χ4v) is 3.17. The average molecular weight is 360 g/mol. The van der Waals surface area contributed by atoms with Gasteiger partial charge in [-0.1, -0.05) is 6.07 Å². The van der Waals surface area contributed by atoms with Gasteiger partial charge in [0.25, 0.3) is 5.91 Å². The van der Waals surface area contributed by atoms with Crippen LogP contribution in [0, 0.1) is 17.6 Å². The predicted octanol–water partition coefficient (Wildman–Crippen LogP) is 3.15. The third-order valence-electron chi connectivity index (χ3n) is 4.64. The van der Waals surface area contributed by atoms with E-state index in [2.05, 4.69) is 4.98 Å². The third kappa shape index (κ3) is 4.04. The Morgan fingerprint density at radius 3 is 2.42 bits per heavy atom. The number of hydrogen-bond acceptors (Lipinski definition) is 3. The number of carbonyl (C=O) groups excluding carboxylic acids is 1. The van der Waals surface area contributed by atoms with Gasteiger partial charge in [0.2, 0.25) is 0 Å². The number of aromatic nitrogens is 1. The summed E-state index contributed by atoms with van der Waals surface area (Å²) in [5.74, 6) is -2.71. The molecule has 1 aliphatic rings. The summed E-state index contributed by atoms with van der Waals surface area (Å²) in [4.78, 5) is 28.8. The maximum Gasteiger partial charge on any atom is 0.354 e. The van der Waals surface area contributed by atoms with Crippen LogP contribution in [-0.2, 0) is 6.42 Å². The van der Waals surface area contributed by atoms with Crippen LogP contribution in [0.2, 0.25) is 0 Å². The molecule has 1 fully saturated rings. The first-order chi connectivity index (χ1) is 12.4. The van der Waals surface area contributed by atoms with Crippen molar-refractivity contribution in [3.05, 3.63) is 65.0 Å². The maximum atomic E-state index is 13.3. The number of carboxylic acid groups (broad SMARTS) is 1. The van der Waals surface area contributed by atoms with Crippen molar-refractivity contribution in [3.63, 3.8) is 0 Å². The SMILES string of the molecule is O=C(O)c1ccc(C(=O)N2CCC(Cc3ccc(F)c(F)c3)CC2)cn1. The molecule has 5 nitrogen and oxygen atoms in total. The molecule has 0 aliphatic carbocycles. The third-order valence-corrected chi connectivity index (χ3v) is 4.64. The van der Waals surface area contributed by atoms with E-state index in [9.17, 15) is 18.4 Å². The van der Waals surface area contributed by atoms with E-state index >= 15 is 0 Å². The summed E-state index contributed by atoms with van der Waals surface area (Å²) in [7, 11) is 0. The Kier molecular flexibility index (Phi) is 5.25. The van der Waals surface area contributed by atoms with E-state index in [0.29, 0.717) is 31.0 Å². The lowest BCUT2D eigenvalue weighted by Gasteiger charge is -2.32. The molecule has 3 rings (SSSR count). The number of carbonyl (C=O) groups is 2. The maximum absolute atomic E-state index is 13.3. The van der Waals surface area contributed by atoms with Crippen molar-refractivity contribution in [1.82, 2.24) is 9.88 Å². The highest BCUT2D eigenvalue weighted by atomic mass is 19.2. The predicted molar refractivity (Wildman–Crippen MR) is 89.9 cm³/mol. The minimum absolute atomic E-state index is 0.105. The van der Waals surface area contributed by atoms with Gasteiger partial charge in [-0.15, -0.1) is 0 Å². The van der Waals surface area contributed by atoms with Gasteiger partial charge in [0.05, 0.1) is 5.56 Å². The molecule has 0 unspecified atom stereocenters. The first kappa shape index (κ1) is 18.0. The summed E-state index contributed by atoms with van der Waals surface area (Å²) < 4.78 is 26.3. The molecule has 1 amide bonds. The minimum atomic E-state index is -1.14. The van der Waals surface area contributed by atoms with Gasteiger partial charge in [-0.05, 0) is 55.0 Å². The van der Waals surface area contributed by atoms with Crippen LogP contribution in [0.15, 0.2) is 36.5 Å². The first-order valence-corrected chi connectivity index (χ1v) is 8.36. The number of nitrogens with zero attached hydrogens (tertiary/aromatic N) is 2. The average Bonchev–Trinajstić information content (AvgIpc) is 2.65. The Balaban J connectivity index is 1.56. The highest BCUT2D eigenvalue weighted by Gasteiger charge is 2.24. The second kappa shape index (κ2) is 7.59. The van der Waals surface area contributed by atoms with Gasteiger partial charge in [0.15, 0.2) is 11.6 Å². The summed E-state index contributed by atoms with van der Waals surface area (Å²) in [5, 5.41) is 8.84. The molecule has 0 atom stereocenters. The zero-order valence-electron chi connectivity index (χ0n) is 14.0. The van der Waals surface area contributed by atoms with E-state index in [4.69, 9.17) is 5.11 Å². The molecule has 0 saturated carbocycles. The molecule has 136 valence electrons. The number of carboxylic acids is 1. The second-order valence-electron chi connectivity index (χ2n) is 6.43. The number of likely N-dealkylation sites (tertiary alicyclic amines) is 1. The summed E-state index contributed by atoms with van der Waals surface area (Å²) in [6.07, 6.45) is 3.46. The largest absolute Gasteiger partial charge is 0.477 e. The van der Waals surface area contributed by atoms with Crippen LogP contribution in [-0.4, -0.2) is 40.0 Å². The van der Waals surface area contributed by atoms with Crippen molar-refractivity contribution in [2.24, 2.45) is 5.92 Å². The van der Waals surface area contributed by atoms with E-state index in [1.54, 1.807) is 11.0 Å². The van der Waals surface area contributed by atoms with Crippen molar-refractivity contribution in [2.75, 3.05) is 13.1 Å². The number of hydrogen-bond donors (Lipinski definition) is 1. The normalized spacial score (nSPS) is 15.1. The molecule has 7 heteroatoms. The van der Waals surface area contributed by atoms with Gasteiger partial charge in [-0.25, -0.2) is 18.6 Å². The lowest BCUT2D eigenvalue weighted by molar-refractivity contribution is 0.0675. The molecule has 0 radical (unpaired) electrons. The lowest BCUT2D eigenvalue weighted by atomic mass is 9.90. The van der Waals surface area contributed by atoms with Crippen LogP contribution >= 0.6 is 0 Å². The molecule has 1 saturated heterocycles. The summed E-state index contributed by atoms with van der Waals surface area (Å²) >= 11 is 0. The van der Waals surface area contributed by atoms with Crippen LogP contribution in [0.3, 0.4) is 0 Å². The monoisotopic (exact) mass is 360 g/mol. The fraction of sp³-hybridized carbons (Fsp3) is 0.316. The van der Waals surface area contributed by atoms with Crippen LogP contribution in [0.25, 0.3) is 0 Å². The van der Waals surface area contributed by atoms with E-state index in [-0.39, 0.29) is 11.6 Å². The molecule has 1 aliphatic heterocycles. The zero-order chi connectivity index (χ0) is 18.7. The Morgan fingerprint density at radius 1 is 1.12 bits per heavy atom. The van der Waals surface area contributed by atoms with Crippen molar-refractivity contribution >= 4 is 11.9 Å². The van der Waals surface area contributed by atoms with Crippen LogP contribution < -0.4 is 0 Å². The molecule has 0 bridgehead atoms. The molecule has 26 heavy (non-hydrogen) atoms. The number of benzene rings is 1. The van der Waals surface area contributed by atoms with Gasteiger partial charge in [-0.2, -0.15) is 0 Å². The van der Waals surface area contributed by atoms with E-state index in [1.165, 1.54) is 24.4 Å². The number of piperidine rings is 1. The van der Waals surface area contributed by atoms with E-state index in [1.807, 2.05) is 0 Å². The highest BCUT2D eigenvalue weighted by molar-refractivity contribution is 5.95. The van der Waals surface area contributed by atoms with Crippen molar-refractivity contribution in [1.29, 1.82) is 0 Å². The Labute approximate surface area is 149 Å². The molecule has 0 spiro atoms. The minimum Gasteiger partial charge on any atom is -0.477 e. The van der Waals surface area contributed by atoms with Crippen molar-refractivity contribution < 1.29 is 23.5 Å². The highest BCUT2D eigenvalue weighted by Crippen LogP contribution is 2.23. The zero-order valence-corrected chi connectivity index (χ0v) is 14.0. The number of amides is 1. The van der Waals surface area contributed by atoms with Gasteiger partial charge >= 0.3 is 5.97 Å². The standard InChI is InChI=1S/C19H18F2N2O3/c20-15-3-1-13(10-16(15)21)9-12-5-7-23(8-6-12)18(24)14-2-4-17(19(25)26)22-11-14/h1-4,10-12H,5-9H2,(H,25,26). The van der Waals surface area contributed by atoms with E-state index < -0.39 is 17.6 Å². The van der Waals surface area contributed by atoms with E-state index in [0.717, 1.165) is 24.5 Å². The summed E-state index contributed by atoms with van der Waals surface area (Å²) in [6.45, 7) is 1.13. The van der Waals surface area contributed by atoms with Gasteiger partial charge in [0, 0.05) is 19.3 Å². The van der Waals surface area contributed by atoms with Crippen LogP contribution in [0.5, 0.6) is 0 Å². The second-order valence-corrected chi connectivity index (χ2v) is 6.43. The summed E-state index contributed by atoms with van der Waals surface area (Å²) in [5.41, 5.74) is 1.00. The van der Waals surface area contributed by atoms with Crippen molar-refractivity contribution in [2.45, 2.75) is 19.3 Å².